The van der Waals surface area contributed by atoms with Crippen molar-refractivity contribution in [1.82, 2.24) is 0 Å². The second-order valence-corrected chi connectivity index (χ2v) is 1.45. The van der Waals surface area contributed by atoms with E-state index >= 15 is 0 Å². The van der Waals surface area contributed by atoms with Gasteiger partial charge in [0, 0.05) is 0 Å². The smallest absolute Gasteiger partial charge is 0.341 e. The molecular weight excluding hydrogens is 130 g/mol. The molecule has 0 saturated heterocycles. The van der Waals surface area contributed by atoms with Gasteiger partial charge in [-0.2, -0.15) is 0 Å². The molecule has 6 nitrogen and oxygen atoms in total. The van der Waals surface area contributed by atoms with Crippen LogP contribution in [0.5, 0.6) is 0 Å². The molecule has 0 aromatic rings. The third-order valence-electron chi connectivity index (χ3n) is 0.747. The van der Waals surface area contributed by atoms with Crippen LogP contribution in [0.3, 0.4) is 0 Å². The van der Waals surface area contributed by atoms with Crippen LogP contribution < -0.4 is 0 Å². The number of rotatable bonds is 3. The van der Waals surface area contributed by atoms with Crippen LogP contribution in [-0.2, 0) is 0 Å². The summed E-state index contributed by atoms with van der Waals surface area (Å²) in [6.07, 6.45) is -3.78. The van der Waals surface area contributed by atoms with Crippen LogP contribution >= 0.6 is 0 Å². The quantitative estimate of drug-likeness (QED) is 0.235. The highest BCUT2D eigenvalue weighted by atomic mass is 16.7. The molecule has 0 spiro atoms. The van der Waals surface area contributed by atoms with Crippen molar-refractivity contribution in [2.75, 3.05) is 6.61 Å². The van der Waals surface area contributed by atoms with E-state index in [4.69, 9.17) is 15.3 Å². The van der Waals surface area contributed by atoms with Gasteiger partial charge in [-0.25, -0.2) is 0 Å². The maximum Gasteiger partial charge on any atom is 0.341 e. The lowest BCUT2D eigenvalue weighted by Crippen LogP contribution is -2.35. The molecule has 0 saturated carbocycles. The molecule has 0 aliphatic heterocycles. The Hall–Kier alpha value is -0.720. The normalized spacial score (nSPS) is 16.8. The van der Waals surface area contributed by atoms with E-state index in [1.165, 1.54) is 0 Å². The second-order valence-electron chi connectivity index (χ2n) is 1.45. The Morgan fingerprint density at radius 1 is 1.56 bits per heavy atom. The van der Waals surface area contributed by atoms with E-state index in [9.17, 15) is 10.1 Å². The van der Waals surface area contributed by atoms with Crippen LogP contribution in [0.4, 0.5) is 0 Å². The van der Waals surface area contributed by atoms with Crippen molar-refractivity contribution in [2.45, 2.75) is 12.3 Å². The van der Waals surface area contributed by atoms with Crippen LogP contribution in [0.25, 0.3) is 0 Å². The predicted octanol–water partition coefficient (Wildman–Crippen LogP) is -2.07. The van der Waals surface area contributed by atoms with Crippen LogP contribution in [0.1, 0.15) is 0 Å². The van der Waals surface area contributed by atoms with E-state index in [2.05, 4.69) is 0 Å². The highest BCUT2D eigenvalue weighted by Crippen LogP contribution is 1.91. The summed E-state index contributed by atoms with van der Waals surface area (Å²) in [5.74, 6) is 0. The van der Waals surface area contributed by atoms with E-state index < -0.39 is 23.9 Å². The molecule has 6 heteroatoms. The first kappa shape index (κ1) is 8.28. The zero-order valence-electron chi connectivity index (χ0n) is 4.47. The average Bonchev–Trinajstić information content (AvgIpc) is 1.84. The molecule has 0 aromatic heterocycles. The third kappa shape index (κ3) is 2.36. The summed E-state index contributed by atoms with van der Waals surface area (Å²) < 4.78 is 0. The van der Waals surface area contributed by atoms with Crippen molar-refractivity contribution < 1.29 is 20.2 Å². The lowest BCUT2D eigenvalue weighted by Gasteiger charge is -2.05. The Balaban J connectivity index is 3.72. The standard InChI is InChI=1S/C3H7NO5/c5-1-2(6)3(7)4(8)9/h2-3,5-7H,1H2. The summed E-state index contributed by atoms with van der Waals surface area (Å²) in [7, 11) is 0. The molecule has 0 aliphatic rings. The molecule has 0 fully saturated rings. The van der Waals surface area contributed by atoms with Gasteiger partial charge >= 0.3 is 6.23 Å². The van der Waals surface area contributed by atoms with Crippen molar-refractivity contribution in [2.24, 2.45) is 0 Å². The zero-order chi connectivity index (χ0) is 7.44. The minimum absolute atomic E-state index is 0.817. The van der Waals surface area contributed by atoms with Gasteiger partial charge in [-0.05, 0) is 0 Å². The maximum atomic E-state index is 9.58. The summed E-state index contributed by atoms with van der Waals surface area (Å²) in [5.41, 5.74) is 0. The number of nitrogens with zero attached hydrogens (tertiary/aromatic N) is 1. The third-order valence-corrected chi connectivity index (χ3v) is 0.747. The number of hydrogen-bond donors (Lipinski definition) is 3. The van der Waals surface area contributed by atoms with Gasteiger partial charge in [-0.1, -0.05) is 0 Å². The topological polar surface area (TPSA) is 104 Å². The van der Waals surface area contributed by atoms with E-state index in [0.29, 0.717) is 0 Å². The first-order chi connectivity index (χ1) is 4.09. The molecule has 0 radical (unpaired) electrons. The first-order valence-corrected chi connectivity index (χ1v) is 2.20. The predicted molar refractivity (Wildman–Crippen MR) is 26.1 cm³/mol. The summed E-state index contributed by atoms with van der Waals surface area (Å²) in [5, 5.41) is 34.3. The van der Waals surface area contributed by atoms with Crippen LogP contribution in [0.2, 0.25) is 0 Å². The van der Waals surface area contributed by atoms with E-state index in [0.717, 1.165) is 0 Å². The molecule has 3 N–H and O–H groups in total. The molecule has 2 atom stereocenters. The summed E-state index contributed by atoms with van der Waals surface area (Å²) >= 11 is 0. The van der Waals surface area contributed by atoms with Crippen LogP contribution in [0.15, 0.2) is 0 Å². The van der Waals surface area contributed by atoms with Gasteiger partial charge in [0.25, 0.3) is 0 Å². The molecule has 0 heterocycles. The molecule has 0 amide bonds. The van der Waals surface area contributed by atoms with Gasteiger partial charge in [0.05, 0.1) is 11.5 Å². The highest BCUT2D eigenvalue weighted by molar-refractivity contribution is 4.52. The summed E-state index contributed by atoms with van der Waals surface area (Å²) in [6, 6.07) is 0. The van der Waals surface area contributed by atoms with Gasteiger partial charge in [0.1, 0.15) is 0 Å². The van der Waals surface area contributed by atoms with Gasteiger partial charge in [0.2, 0.25) is 0 Å². The molecule has 9 heavy (non-hydrogen) atoms. The van der Waals surface area contributed by atoms with Crippen LogP contribution in [0, 0.1) is 10.1 Å². The highest BCUT2D eigenvalue weighted by Gasteiger charge is 2.25. The molecular formula is C3H7NO5. The Kier molecular flexibility index (Phi) is 3.07. The lowest BCUT2D eigenvalue weighted by atomic mass is 10.3. The zero-order valence-corrected chi connectivity index (χ0v) is 4.47. The van der Waals surface area contributed by atoms with Gasteiger partial charge < -0.3 is 15.3 Å². The van der Waals surface area contributed by atoms with Crippen LogP contribution in [-0.4, -0.2) is 39.2 Å². The number of nitro groups is 1. The molecule has 54 valence electrons. The van der Waals surface area contributed by atoms with E-state index in [-0.39, 0.29) is 0 Å². The van der Waals surface area contributed by atoms with Gasteiger partial charge in [-0.3, -0.25) is 10.1 Å². The van der Waals surface area contributed by atoms with Gasteiger partial charge in [0.15, 0.2) is 6.10 Å². The molecule has 0 aliphatic carbocycles. The largest absolute Gasteiger partial charge is 0.393 e. The minimum atomic E-state index is -2.09. The Morgan fingerprint density at radius 2 is 2.00 bits per heavy atom. The number of aliphatic hydroxyl groups is 3. The van der Waals surface area contributed by atoms with Crippen molar-refractivity contribution in [1.29, 1.82) is 0 Å². The molecule has 0 rings (SSSR count). The summed E-state index contributed by atoms with van der Waals surface area (Å²) in [6.45, 7) is -0.817. The fourth-order valence-corrected chi connectivity index (χ4v) is 0.235. The second kappa shape index (κ2) is 3.33. The minimum Gasteiger partial charge on any atom is -0.393 e. The van der Waals surface area contributed by atoms with E-state index in [1.807, 2.05) is 0 Å². The average molecular weight is 137 g/mol. The van der Waals surface area contributed by atoms with E-state index in [1.54, 1.807) is 0 Å². The molecule has 0 aromatic carbocycles. The molecule has 2 unspecified atom stereocenters. The fourth-order valence-electron chi connectivity index (χ4n) is 0.235. The molecule has 0 bridgehead atoms. The van der Waals surface area contributed by atoms with Crippen molar-refractivity contribution in [3.8, 4) is 0 Å². The lowest BCUT2D eigenvalue weighted by molar-refractivity contribution is -0.583. The first-order valence-electron chi connectivity index (χ1n) is 2.20. The SMILES string of the molecule is O=[N+]([O-])C(O)C(O)CO. The summed E-state index contributed by atoms with van der Waals surface area (Å²) in [4.78, 5) is 8.50. The number of aliphatic hydroxyl groups excluding tert-OH is 3. The maximum absolute atomic E-state index is 9.58. The fraction of sp³-hybridized carbons (Fsp3) is 1.00. The number of hydrogen-bond acceptors (Lipinski definition) is 5. The Labute approximate surface area is 50.5 Å². The van der Waals surface area contributed by atoms with Crippen molar-refractivity contribution in [3.63, 3.8) is 0 Å². The van der Waals surface area contributed by atoms with Crippen molar-refractivity contribution >= 4 is 0 Å². The Morgan fingerprint density at radius 3 is 2.11 bits per heavy atom. The van der Waals surface area contributed by atoms with Crippen molar-refractivity contribution in [3.05, 3.63) is 10.1 Å². The Bertz CT molecular complexity index is 104. The monoisotopic (exact) mass is 137 g/mol. The van der Waals surface area contributed by atoms with Gasteiger partial charge in [-0.15, -0.1) is 0 Å².